The second-order valence-corrected chi connectivity index (χ2v) is 4.86. The number of hydrogen-bond acceptors (Lipinski definition) is 6. The highest BCUT2D eigenvalue weighted by atomic mass is 16.5. The highest BCUT2D eigenvalue weighted by Crippen LogP contribution is 2.31. The van der Waals surface area contributed by atoms with Crippen LogP contribution in [-0.4, -0.2) is 32.4 Å². The van der Waals surface area contributed by atoms with Crippen molar-refractivity contribution in [2.45, 2.75) is 6.61 Å². The van der Waals surface area contributed by atoms with E-state index in [-0.39, 0.29) is 12.4 Å². The summed E-state index contributed by atoms with van der Waals surface area (Å²) in [7, 11) is 1.57. The Hall–Kier alpha value is -3.44. The Labute approximate surface area is 138 Å². The summed E-state index contributed by atoms with van der Waals surface area (Å²) in [5.41, 5.74) is 2.35. The molecule has 8 heteroatoms. The van der Waals surface area contributed by atoms with Gasteiger partial charge in [0.05, 0.1) is 25.6 Å². The van der Waals surface area contributed by atoms with Crippen LogP contribution in [0.5, 0.6) is 5.75 Å². The topological polar surface area (TPSA) is 100 Å². The third-order valence-electron chi connectivity index (χ3n) is 3.33. The number of hydrogen-bond donors (Lipinski definition) is 3. The third-order valence-corrected chi connectivity index (χ3v) is 3.33. The first-order valence-electron chi connectivity index (χ1n) is 7.03. The second-order valence-electron chi connectivity index (χ2n) is 4.86. The van der Waals surface area contributed by atoms with Crippen LogP contribution >= 0.6 is 0 Å². The summed E-state index contributed by atoms with van der Waals surface area (Å²) in [6.07, 6.45) is 2.86. The highest BCUT2D eigenvalue weighted by molar-refractivity contribution is 5.71. The summed E-state index contributed by atoms with van der Waals surface area (Å²) in [6, 6.07) is 7.26. The zero-order chi connectivity index (χ0) is 16.9. The number of aromatic amines is 1. The molecule has 0 spiro atoms. The molecular weight excluding hydrogens is 308 g/mol. The first kappa shape index (κ1) is 15.5. The van der Waals surface area contributed by atoms with E-state index in [4.69, 9.17) is 11.3 Å². The predicted molar refractivity (Wildman–Crippen MR) is 88.1 cm³/mol. The quantitative estimate of drug-likeness (QED) is 0.624. The fourth-order valence-electron chi connectivity index (χ4n) is 2.15. The molecule has 120 valence electrons. The molecule has 24 heavy (non-hydrogen) atoms. The van der Waals surface area contributed by atoms with Crippen LogP contribution in [0.25, 0.3) is 16.1 Å². The average Bonchev–Trinajstić information content (AvgIpc) is 3.10. The number of aliphatic hydroxyl groups excluding tert-OH is 1. The van der Waals surface area contributed by atoms with E-state index in [9.17, 15) is 5.11 Å². The molecule has 1 aromatic carbocycles. The average molecular weight is 322 g/mol. The molecule has 2 heterocycles. The van der Waals surface area contributed by atoms with E-state index in [1.807, 2.05) is 12.1 Å². The summed E-state index contributed by atoms with van der Waals surface area (Å²) in [4.78, 5) is 11.2. The van der Waals surface area contributed by atoms with Crippen LogP contribution in [0.1, 0.15) is 5.56 Å². The lowest BCUT2D eigenvalue weighted by Gasteiger charge is -2.08. The summed E-state index contributed by atoms with van der Waals surface area (Å²) in [5.74, 6) is 1.92. The molecule has 0 saturated heterocycles. The Bertz CT molecular complexity index is 882. The van der Waals surface area contributed by atoms with Gasteiger partial charge in [-0.25, -0.2) is 4.98 Å². The normalized spacial score (nSPS) is 10.2. The molecule has 2 aromatic heterocycles. The van der Waals surface area contributed by atoms with Crippen molar-refractivity contribution in [2.24, 2.45) is 0 Å². The number of aliphatic hydroxyl groups is 1. The molecule has 0 aliphatic carbocycles. The van der Waals surface area contributed by atoms with Crippen molar-refractivity contribution in [1.82, 2.24) is 20.2 Å². The van der Waals surface area contributed by atoms with Gasteiger partial charge in [0.15, 0.2) is 17.8 Å². The maximum absolute atomic E-state index is 9.21. The number of H-pyrrole nitrogens is 1. The first-order chi connectivity index (χ1) is 11.7. The molecule has 0 radical (unpaired) electrons. The van der Waals surface area contributed by atoms with Gasteiger partial charge < -0.3 is 20.0 Å². The molecule has 3 N–H and O–H groups in total. The monoisotopic (exact) mass is 322 g/mol. The fourth-order valence-corrected chi connectivity index (χ4v) is 2.15. The molecule has 0 saturated carbocycles. The first-order valence-corrected chi connectivity index (χ1v) is 7.03. The van der Waals surface area contributed by atoms with Gasteiger partial charge in [-0.15, -0.1) is 4.98 Å². The zero-order valence-electron chi connectivity index (χ0n) is 12.8. The Kier molecular flexibility index (Phi) is 4.36. The number of nitrogens with one attached hydrogen (secondary N) is 2. The van der Waals surface area contributed by atoms with Gasteiger partial charge in [-0.1, -0.05) is 12.6 Å². The van der Waals surface area contributed by atoms with E-state index in [1.54, 1.807) is 19.2 Å². The Morgan fingerprint density at radius 3 is 2.79 bits per heavy atom. The molecule has 3 aromatic rings. The molecule has 3 rings (SSSR count). The minimum atomic E-state index is -0.0499. The van der Waals surface area contributed by atoms with E-state index in [0.717, 1.165) is 16.8 Å². The lowest BCUT2D eigenvalue weighted by atomic mass is 10.1. The molecule has 0 aliphatic rings. The van der Waals surface area contributed by atoms with Crippen LogP contribution in [0.15, 0.2) is 36.7 Å². The van der Waals surface area contributed by atoms with Gasteiger partial charge in [0.25, 0.3) is 5.82 Å². The van der Waals surface area contributed by atoms with E-state index in [0.29, 0.717) is 17.4 Å². The maximum Gasteiger partial charge on any atom is 0.288 e. The van der Waals surface area contributed by atoms with Crippen molar-refractivity contribution in [1.29, 1.82) is 0 Å². The van der Waals surface area contributed by atoms with Gasteiger partial charge in [0, 0.05) is 11.6 Å². The number of aromatic nitrogens is 4. The molecule has 0 atom stereocenters. The largest absolute Gasteiger partial charge is 0.496 e. The van der Waals surface area contributed by atoms with Crippen molar-refractivity contribution in [3.63, 3.8) is 0 Å². The van der Waals surface area contributed by atoms with Gasteiger partial charge >= 0.3 is 0 Å². The number of anilines is 2. The summed E-state index contributed by atoms with van der Waals surface area (Å²) < 4.78 is 5.37. The fraction of sp³-hybridized carbons (Fsp3) is 0.125. The van der Waals surface area contributed by atoms with Crippen molar-refractivity contribution in [2.75, 3.05) is 12.4 Å². The lowest BCUT2D eigenvalue weighted by Crippen LogP contribution is -1.93. The van der Waals surface area contributed by atoms with Crippen LogP contribution in [0, 0.1) is 6.57 Å². The van der Waals surface area contributed by atoms with Gasteiger partial charge in [-0.3, -0.25) is 5.10 Å². The number of benzene rings is 1. The summed E-state index contributed by atoms with van der Waals surface area (Å²) in [5, 5.41) is 19.3. The van der Waals surface area contributed by atoms with E-state index in [2.05, 4.69) is 30.3 Å². The van der Waals surface area contributed by atoms with Gasteiger partial charge in [0.1, 0.15) is 5.75 Å². The zero-order valence-corrected chi connectivity index (χ0v) is 12.8. The summed E-state index contributed by atoms with van der Waals surface area (Å²) in [6.45, 7) is 6.81. The van der Waals surface area contributed by atoms with Crippen LogP contribution < -0.4 is 10.1 Å². The van der Waals surface area contributed by atoms with Crippen molar-refractivity contribution < 1.29 is 9.84 Å². The number of nitrogens with zero attached hydrogens (tertiary/aromatic N) is 4. The molecule has 0 bridgehead atoms. The molecule has 0 amide bonds. The Balaban J connectivity index is 1.84. The van der Waals surface area contributed by atoms with Gasteiger partial charge in [0.2, 0.25) is 0 Å². The highest BCUT2D eigenvalue weighted by Gasteiger charge is 2.11. The summed E-state index contributed by atoms with van der Waals surface area (Å²) >= 11 is 0. The van der Waals surface area contributed by atoms with Crippen LogP contribution in [0.4, 0.5) is 17.5 Å². The molecule has 0 fully saturated rings. The lowest BCUT2D eigenvalue weighted by molar-refractivity contribution is 0.281. The minimum Gasteiger partial charge on any atom is -0.496 e. The maximum atomic E-state index is 9.21. The number of ether oxygens (including phenoxy) is 1. The molecule has 0 unspecified atom stereocenters. The SMILES string of the molecule is [C-]#[N+]c1cnc(Nc2cc(-c3ccc(CO)cc3OC)[nH]n2)cn1. The number of rotatable bonds is 5. The van der Waals surface area contributed by atoms with Crippen LogP contribution in [0.2, 0.25) is 0 Å². The third kappa shape index (κ3) is 3.16. The van der Waals surface area contributed by atoms with E-state index >= 15 is 0 Å². The Morgan fingerprint density at radius 2 is 2.12 bits per heavy atom. The van der Waals surface area contributed by atoms with Crippen molar-refractivity contribution in [3.8, 4) is 17.0 Å². The minimum absolute atomic E-state index is 0.0499. The molecule has 0 aliphatic heterocycles. The standard InChI is InChI=1S/C16H14N6O2/c1-17-15-7-19-16(8-18-15)20-14-6-12(21-22-14)11-4-3-10(9-23)5-13(11)24-2/h3-8,23H,9H2,2H3,(H2,19,20,21,22). The molecular formula is C16H14N6O2. The van der Waals surface area contributed by atoms with Crippen LogP contribution in [-0.2, 0) is 6.61 Å². The van der Waals surface area contributed by atoms with Crippen molar-refractivity contribution in [3.05, 3.63) is 53.6 Å². The second kappa shape index (κ2) is 6.76. The smallest absolute Gasteiger partial charge is 0.288 e. The van der Waals surface area contributed by atoms with E-state index in [1.165, 1.54) is 12.4 Å². The molecule has 8 nitrogen and oxygen atoms in total. The van der Waals surface area contributed by atoms with Gasteiger partial charge in [-0.2, -0.15) is 5.10 Å². The van der Waals surface area contributed by atoms with Crippen LogP contribution in [0.3, 0.4) is 0 Å². The van der Waals surface area contributed by atoms with Gasteiger partial charge in [-0.05, 0) is 17.7 Å². The van der Waals surface area contributed by atoms with E-state index < -0.39 is 0 Å². The Morgan fingerprint density at radius 1 is 1.25 bits per heavy atom. The number of methoxy groups -OCH3 is 1. The van der Waals surface area contributed by atoms with Crippen molar-refractivity contribution >= 4 is 17.5 Å². The predicted octanol–water partition coefficient (Wildman–Crippen LogP) is 2.66.